The van der Waals surface area contributed by atoms with Crippen LogP contribution in [0.2, 0.25) is 0 Å². The topological polar surface area (TPSA) is 12.0 Å². The molecule has 0 amide bonds. The third-order valence-electron chi connectivity index (χ3n) is 4.14. The Morgan fingerprint density at radius 1 is 1.24 bits per heavy atom. The zero-order valence-electron chi connectivity index (χ0n) is 13.0. The van der Waals surface area contributed by atoms with E-state index in [1.165, 1.54) is 43.0 Å². The molecule has 0 heterocycles. The van der Waals surface area contributed by atoms with Gasteiger partial charge in [-0.05, 0) is 37.0 Å². The van der Waals surface area contributed by atoms with Crippen LogP contribution in [0.1, 0.15) is 51.5 Å². The van der Waals surface area contributed by atoms with Gasteiger partial charge in [0.25, 0.3) is 0 Å². The number of hydrogen-bond donors (Lipinski definition) is 1. The average Bonchev–Trinajstić information content (AvgIpc) is 2.47. The molecule has 0 spiro atoms. The van der Waals surface area contributed by atoms with Crippen LogP contribution < -0.4 is 5.32 Å². The van der Waals surface area contributed by atoms with Gasteiger partial charge in [0.15, 0.2) is 0 Å². The molecule has 0 saturated heterocycles. The molecule has 0 unspecified atom stereocenters. The van der Waals surface area contributed by atoms with Gasteiger partial charge in [0.05, 0.1) is 0 Å². The molecule has 1 aliphatic carbocycles. The van der Waals surface area contributed by atoms with Crippen LogP contribution in [0.3, 0.4) is 0 Å². The standard InChI is InChI=1S/C18H25F2N/c1-13(2)21-12-16(14-6-4-3-5-7-14)10-15-11-17(19)8-9-18(15)20/h8-11,13-14,21H,3-7,12H2,1-2H3/b16-10-. The fourth-order valence-corrected chi connectivity index (χ4v) is 2.93. The molecule has 0 atom stereocenters. The van der Waals surface area contributed by atoms with Crippen LogP contribution in [0.5, 0.6) is 0 Å². The van der Waals surface area contributed by atoms with E-state index in [1.54, 1.807) is 0 Å². The first-order valence-corrected chi connectivity index (χ1v) is 7.95. The molecule has 1 aromatic carbocycles. The lowest BCUT2D eigenvalue weighted by Crippen LogP contribution is -2.28. The van der Waals surface area contributed by atoms with Crippen molar-refractivity contribution in [2.24, 2.45) is 5.92 Å². The summed E-state index contributed by atoms with van der Waals surface area (Å²) in [5, 5.41) is 3.41. The van der Waals surface area contributed by atoms with Gasteiger partial charge in [-0.15, -0.1) is 0 Å². The van der Waals surface area contributed by atoms with Crippen molar-refractivity contribution in [1.82, 2.24) is 5.32 Å². The summed E-state index contributed by atoms with van der Waals surface area (Å²) in [7, 11) is 0. The molecule has 1 fully saturated rings. The van der Waals surface area contributed by atoms with Crippen molar-refractivity contribution in [2.45, 2.75) is 52.0 Å². The predicted octanol–water partition coefficient (Wildman–Crippen LogP) is 4.93. The van der Waals surface area contributed by atoms with Gasteiger partial charge in [-0.2, -0.15) is 0 Å². The van der Waals surface area contributed by atoms with Gasteiger partial charge in [0, 0.05) is 18.2 Å². The van der Waals surface area contributed by atoms with Gasteiger partial charge in [0.2, 0.25) is 0 Å². The molecule has 2 rings (SSSR count). The maximum absolute atomic E-state index is 13.9. The highest BCUT2D eigenvalue weighted by Gasteiger charge is 2.18. The quantitative estimate of drug-likeness (QED) is 0.812. The first-order valence-electron chi connectivity index (χ1n) is 7.95. The van der Waals surface area contributed by atoms with Crippen LogP contribution in [0.25, 0.3) is 6.08 Å². The zero-order valence-corrected chi connectivity index (χ0v) is 13.0. The summed E-state index contributed by atoms with van der Waals surface area (Å²) in [6.45, 7) is 4.95. The summed E-state index contributed by atoms with van der Waals surface area (Å²) in [6, 6.07) is 4.04. The lowest BCUT2D eigenvalue weighted by atomic mass is 9.83. The summed E-state index contributed by atoms with van der Waals surface area (Å²) < 4.78 is 27.2. The smallest absolute Gasteiger partial charge is 0.130 e. The van der Waals surface area contributed by atoms with Gasteiger partial charge in [0.1, 0.15) is 11.6 Å². The maximum Gasteiger partial charge on any atom is 0.130 e. The highest BCUT2D eigenvalue weighted by atomic mass is 19.1. The fourth-order valence-electron chi connectivity index (χ4n) is 2.93. The number of nitrogens with one attached hydrogen (secondary N) is 1. The molecular weight excluding hydrogens is 268 g/mol. The summed E-state index contributed by atoms with van der Waals surface area (Å²) in [6.07, 6.45) is 7.91. The van der Waals surface area contributed by atoms with Crippen LogP contribution in [0, 0.1) is 17.6 Å². The lowest BCUT2D eigenvalue weighted by Gasteiger charge is -2.26. The second-order valence-corrected chi connectivity index (χ2v) is 6.26. The van der Waals surface area contributed by atoms with Crippen molar-refractivity contribution in [1.29, 1.82) is 0 Å². The molecule has 0 bridgehead atoms. The number of halogens is 2. The van der Waals surface area contributed by atoms with Crippen molar-refractivity contribution in [3.05, 3.63) is 41.0 Å². The second-order valence-electron chi connectivity index (χ2n) is 6.26. The van der Waals surface area contributed by atoms with Crippen molar-refractivity contribution < 1.29 is 8.78 Å². The molecule has 116 valence electrons. The normalized spacial score (nSPS) is 17.5. The molecule has 0 radical (unpaired) electrons. The maximum atomic E-state index is 13.9. The van der Waals surface area contributed by atoms with Gasteiger partial charge in [-0.1, -0.05) is 44.8 Å². The van der Waals surface area contributed by atoms with Crippen LogP contribution in [0.15, 0.2) is 23.8 Å². The number of hydrogen-bond acceptors (Lipinski definition) is 1. The van der Waals surface area contributed by atoms with E-state index < -0.39 is 0 Å². The van der Waals surface area contributed by atoms with E-state index in [1.807, 2.05) is 6.08 Å². The Bertz CT molecular complexity index is 488. The van der Waals surface area contributed by atoms with Gasteiger partial charge in [-0.3, -0.25) is 0 Å². The van der Waals surface area contributed by atoms with Crippen molar-refractivity contribution in [3.63, 3.8) is 0 Å². The Labute approximate surface area is 126 Å². The molecule has 1 aliphatic rings. The Morgan fingerprint density at radius 2 is 1.95 bits per heavy atom. The van der Waals surface area contributed by atoms with Crippen LogP contribution in [-0.2, 0) is 0 Å². The third-order valence-corrected chi connectivity index (χ3v) is 4.14. The van der Waals surface area contributed by atoms with Crippen LogP contribution in [-0.4, -0.2) is 12.6 Å². The first kappa shape index (κ1) is 16.2. The first-order chi connectivity index (χ1) is 10.1. The Hall–Kier alpha value is -1.22. The highest BCUT2D eigenvalue weighted by Crippen LogP contribution is 2.31. The van der Waals surface area contributed by atoms with Gasteiger partial charge < -0.3 is 5.32 Å². The summed E-state index contributed by atoms with van der Waals surface area (Å²) >= 11 is 0. The second kappa shape index (κ2) is 7.69. The molecule has 1 saturated carbocycles. The average molecular weight is 293 g/mol. The Kier molecular flexibility index (Phi) is 5.92. The third kappa shape index (κ3) is 4.92. The lowest BCUT2D eigenvalue weighted by molar-refractivity contribution is 0.394. The number of rotatable bonds is 5. The largest absolute Gasteiger partial charge is 0.311 e. The Balaban J connectivity index is 2.23. The van der Waals surface area contributed by atoms with E-state index in [-0.39, 0.29) is 11.6 Å². The monoisotopic (exact) mass is 293 g/mol. The molecule has 1 nitrogen and oxygen atoms in total. The van der Waals surface area contributed by atoms with E-state index in [2.05, 4.69) is 19.2 Å². The predicted molar refractivity (Wildman–Crippen MR) is 84.0 cm³/mol. The molecule has 0 aromatic heterocycles. The van der Waals surface area contributed by atoms with E-state index in [4.69, 9.17) is 0 Å². The molecule has 1 aromatic rings. The van der Waals surface area contributed by atoms with Crippen LogP contribution >= 0.6 is 0 Å². The SMILES string of the molecule is CC(C)NC/C(=C/c1cc(F)ccc1F)C1CCCCC1. The van der Waals surface area contributed by atoms with Gasteiger partial charge in [-0.25, -0.2) is 8.78 Å². The minimum Gasteiger partial charge on any atom is -0.311 e. The minimum atomic E-state index is -0.387. The fraction of sp³-hybridized carbons (Fsp3) is 0.556. The van der Waals surface area contributed by atoms with Crippen LogP contribution in [0.4, 0.5) is 8.78 Å². The Morgan fingerprint density at radius 3 is 2.62 bits per heavy atom. The summed E-state index contributed by atoms with van der Waals surface area (Å²) in [4.78, 5) is 0. The molecule has 0 aliphatic heterocycles. The molecule has 1 N–H and O–H groups in total. The highest BCUT2D eigenvalue weighted by molar-refractivity contribution is 5.54. The van der Waals surface area contributed by atoms with E-state index >= 15 is 0 Å². The van der Waals surface area contributed by atoms with Crippen molar-refractivity contribution in [3.8, 4) is 0 Å². The van der Waals surface area contributed by atoms with E-state index in [9.17, 15) is 8.78 Å². The summed E-state index contributed by atoms with van der Waals surface area (Å²) in [5.74, 6) is -0.246. The summed E-state index contributed by atoms with van der Waals surface area (Å²) in [5.41, 5.74) is 1.56. The van der Waals surface area contributed by atoms with Gasteiger partial charge >= 0.3 is 0 Å². The van der Waals surface area contributed by atoms with Crippen molar-refractivity contribution in [2.75, 3.05) is 6.54 Å². The van der Waals surface area contributed by atoms with E-state index in [0.717, 1.165) is 19.4 Å². The minimum absolute atomic E-state index is 0.353. The molecule has 3 heteroatoms. The molecule has 21 heavy (non-hydrogen) atoms. The van der Waals surface area contributed by atoms with Crippen molar-refractivity contribution >= 4 is 6.08 Å². The van der Waals surface area contributed by atoms with E-state index in [0.29, 0.717) is 17.5 Å². The molecular formula is C18H25F2N. The number of benzene rings is 1. The zero-order chi connectivity index (χ0) is 15.2.